The van der Waals surface area contributed by atoms with E-state index in [1.807, 2.05) is 6.08 Å². The van der Waals surface area contributed by atoms with Crippen molar-refractivity contribution in [3.8, 4) is 0 Å². The van der Waals surface area contributed by atoms with Gasteiger partial charge in [0.25, 0.3) is 0 Å². The van der Waals surface area contributed by atoms with Gasteiger partial charge in [0.05, 0.1) is 25.4 Å². The van der Waals surface area contributed by atoms with Gasteiger partial charge in [-0.1, -0.05) is 295 Å². The maximum atomic E-state index is 12.5. The van der Waals surface area contributed by atoms with Crippen molar-refractivity contribution >= 4 is 11.9 Å². The normalized spacial score (nSPS) is 12.7. The van der Waals surface area contributed by atoms with Gasteiger partial charge in [0.15, 0.2) is 0 Å². The van der Waals surface area contributed by atoms with Crippen LogP contribution in [-0.2, 0) is 14.3 Å². The average molecular weight is 945 g/mol. The predicted octanol–water partition coefficient (Wildman–Crippen LogP) is 18.6. The van der Waals surface area contributed by atoms with E-state index in [-0.39, 0.29) is 18.5 Å². The Hall–Kier alpha value is -1.66. The van der Waals surface area contributed by atoms with E-state index in [0.29, 0.717) is 32.3 Å². The molecular formula is C61H117NO5. The fourth-order valence-electron chi connectivity index (χ4n) is 9.40. The van der Waals surface area contributed by atoms with Crippen LogP contribution in [0.25, 0.3) is 0 Å². The fourth-order valence-corrected chi connectivity index (χ4v) is 9.40. The minimum Gasteiger partial charge on any atom is -0.466 e. The number of carbonyl (C=O) groups excluding carboxylic acids is 2. The summed E-state index contributed by atoms with van der Waals surface area (Å²) < 4.78 is 5.47. The third-order valence-electron chi connectivity index (χ3n) is 14.0. The molecule has 67 heavy (non-hydrogen) atoms. The van der Waals surface area contributed by atoms with Crippen LogP contribution in [0.1, 0.15) is 328 Å². The SMILES string of the molecule is CCCCCCCCCCCCCCCCCCCCCCC(O)C(CO)NC(=O)CC/C=C\C/C=C\CCCCCCCCOC(=O)CCCCCCCCCCCCCCCCCCC. The van der Waals surface area contributed by atoms with Gasteiger partial charge in [-0.05, 0) is 44.9 Å². The van der Waals surface area contributed by atoms with E-state index >= 15 is 0 Å². The van der Waals surface area contributed by atoms with Crippen molar-refractivity contribution in [3.63, 3.8) is 0 Å². The summed E-state index contributed by atoms with van der Waals surface area (Å²) in [4.78, 5) is 24.5. The summed E-state index contributed by atoms with van der Waals surface area (Å²) in [5.74, 6) is -0.125. The van der Waals surface area contributed by atoms with E-state index in [1.54, 1.807) is 0 Å². The molecule has 0 aliphatic carbocycles. The number of aliphatic hydroxyl groups excluding tert-OH is 2. The lowest BCUT2D eigenvalue weighted by Crippen LogP contribution is -2.45. The van der Waals surface area contributed by atoms with Gasteiger partial charge in [-0.25, -0.2) is 0 Å². The topological polar surface area (TPSA) is 95.9 Å². The maximum absolute atomic E-state index is 12.5. The molecule has 0 aromatic heterocycles. The molecule has 0 rings (SSSR count). The summed E-state index contributed by atoms with van der Waals surface area (Å²) in [5.41, 5.74) is 0. The Kier molecular flexibility index (Phi) is 55.5. The first-order valence-electron chi connectivity index (χ1n) is 30.1. The Morgan fingerprint density at radius 2 is 0.761 bits per heavy atom. The highest BCUT2D eigenvalue weighted by Gasteiger charge is 2.20. The molecule has 396 valence electrons. The third kappa shape index (κ3) is 53.5. The van der Waals surface area contributed by atoms with Crippen LogP contribution in [0, 0.1) is 0 Å². The Morgan fingerprint density at radius 1 is 0.418 bits per heavy atom. The highest BCUT2D eigenvalue weighted by atomic mass is 16.5. The minimum absolute atomic E-state index is 0.0123. The van der Waals surface area contributed by atoms with Crippen LogP contribution in [-0.4, -0.2) is 47.4 Å². The standard InChI is InChI=1S/C61H117NO5/c1-3-5-7-9-11-13-15-17-19-21-22-23-25-26-29-33-37-41-45-49-53-59(64)58(57-63)62-60(65)54-50-46-42-38-34-30-28-32-36-40-44-48-52-56-67-61(66)55-51-47-43-39-35-31-27-24-20-18-16-14-12-10-8-6-4-2/h30,34,42,46,58-59,63-64H,3-29,31-33,35-41,43-45,47-57H2,1-2H3,(H,62,65)/b34-30-,46-42-. The zero-order valence-corrected chi connectivity index (χ0v) is 45.1. The van der Waals surface area contributed by atoms with Gasteiger partial charge >= 0.3 is 5.97 Å². The van der Waals surface area contributed by atoms with E-state index in [9.17, 15) is 19.8 Å². The number of amides is 1. The van der Waals surface area contributed by atoms with Crippen molar-refractivity contribution in [2.45, 2.75) is 341 Å². The molecule has 6 heteroatoms. The van der Waals surface area contributed by atoms with E-state index in [0.717, 1.165) is 51.4 Å². The van der Waals surface area contributed by atoms with E-state index in [4.69, 9.17) is 4.74 Å². The Morgan fingerprint density at radius 3 is 1.16 bits per heavy atom. The first kappa shape index (κ1) is 65.3. The number of rotatable bonds is 56. The van der Waals surface area contributed by atoms with Crippen molar-refractivity contribution in [2.75, 3.05) is 13.2 Å². The van der Waals surface area contributed by atoms with Crippen LogP contribution in [0.2, 0.25) is 0 Å². The van der Waals surface area contributed by atoms with Crippen molar-refractivity contribution in [1.29, 1.82) is 0 Å². The van der Waals surface area contributed by atoms with Gasteiger partial charge in [0.1, 0.15) is 0 Å². The van der Waals surface area contributed by atoms with Crippen molar-refractivity contribution in [1.82, 2.24) is 5.32 Å². The monoisotopic (exact) mass is 944 g/mol. The van der Waals surface area contributed by atoms with Crippen LogP contribution in [0.3, 0.4) is 0 Å². The average Bonchev–Trinajstić information content (AvgIpc) is 3.33. The molecule has 6 nitrogen and oxygen atoms in total. The first-order chi connectivity index (χ1) is 33.0. The molecule has 0 aliphatic rings. The molecule has 0 aliphatic heterocycles. The number of esters is 1. The van der Waals surface area contributed by atoms with Crippen LogP contribution >= 0.6 is 0 Å². The minimum atomic E-state index is -0.699. The molecule has 0 aromatic rings. The number of ether oxygens (including phenoxy) is 1. The molecule has 0 aromatic carbocycles. The number of allylic oxidation sites excluding steroid dienone is 4. The summed E-state index contributed by atoms with van der Waals surface area (Å²) >= 11 is 0. The Bertz CT molecular complexity index is 1040. The third-order valence-corrected chi connectivity index (χ3v) is 14.0. The van der Waals surface area contributed by atoms with Crippen molar-refractivity contribution in [2.24, 2.45) is 0 Å². The van der Waals surface area contributed by atoms with E-state index in [1.165, 1.54) is 238 Å². The molecule has 0 saturated heterocycles. The smallest absolute Gasteiger partial charge is 0.305 e. The van der Waals surface area contributed by atoms with Gasteiger partial charge in [-0.2, -0.15) is 0 Å². The van der Waals surface area contributed by atoms with Gasteiger partial charge in [-0.3, -0.25) is 9.59 Å². The molecule has 2 unspecified atom stereocenters. The second-order valence-corrected chi connectivity index (χ2v) is 20.7. The Balaban J connectivity index is 3.51. The lowest BCUT2D eigenvalue weighted by molar-refractivity contribution is -0.143. The number of aliphatic hydroxyl groups is 2. The van der Waals surface area contributed by atoms with Crippen molar-refractivity contribution in [3.05, 3.63) is 24.3 Å². The lowest BCUT2D eigenvalue weighted by Gasteiger charge is -2.22. The molecule has 0 bridgehead atoms. The molecule has 0 radical (unpaired) electrons. The number of hydrogen-bond acceptors (Lipinski definition) is 5. The van der Waals surface area contributed by atoms with Gasteiger partial charge in [-0.15, -0.1) is 0 Å². The van der Waals surface area contributed by atoms with E-state index < -0.39 is 12.1 Å². The summed E-state index contributed by atoms with van der Waals surface area (Å²) in [6, 6.07) is -0.586. The Labute approximate surface area is 418 Å². The number of nitrogens with one attached hydrogen (secondary N) is 1. The molecule has 0 spiro atoms. The zero-order valence-electron chi connectivity index (χ0n) is 45.1. The molecule has 0 fully saturated rings. The van der Waals surface area contributed by atoms with Gasteiger partial charge in [0.2, 0.25) is 5.91 Å². The quantitative estimate of drug-likeness (QED) is 0.0321. The second-order valence-electron chi connectivity index (χ2n) is 20.7. The molecular weight excluding hydrogens is 827 g/mol. The zero-order chi connectivity index (χ0) is 48.6. The number of carbonyl (C=O) groups is 2. The summed E-state index contributed by atoms with van der Waals surface area (Å²) in [7, 11) is 0. The van der Waals surface area contributed by atoms with Crippen LogP contribution in [0.15, 0.2) is 24.3 Å². The fraction of sp³-hybridized carbons (Fsp3) is 0.902. The summed E-state index contributed by atoms with van der Waals surface area (Å²) in [5, 5.41) is 23.3. The molecule has 3 N–H and O–H groups in total. The van der Waals surface area contributed by atoms with Crippen molar-refractivity contribution < 1.29 is 24.5 Å². The second kappa shape index (κ2) is 56.9. The van der Waals surface area contributed by atoms with Crippen LogP contribution in [0.4, 0.5) is 0 Å². The molecule has 0 saturated carbocycles. The van der Waals surface area contributed by atoms with Crippen LogP contribution in [0.5, 0.6) is 0 Å². The molecule has 1 amide bonds. The maximum Gasteiger partial charge on any atom is 0.305 e. The molecule has 0 heterocycles. The highest BCUT2D eigenvalue weighted by molar-refractivity contribution is 5.76. The highest BCUT2D eigenvalue weighted by Crippen LogP contribution is 2.18. The van der Waals surface area contributed by atoms with Gasteiger partial charge < -0.3 is 20.3 Å². The number of hydrogen-bond donors (Lipinski definition) is 3. The predicted molar refractivity (Wildman–Crippen MR) is 292 cm³/mol. The van der Waals surface area contributed by atoms with Crippen LogP contribution < -0.4 is 5.32 Å². The largest absolute Gasteiger partial charge is 0.466 e. The van der Waals surface area contributed by atoms with E-state index in [2.05, 4.69) is 37.4 Å². The lowest BCUT2D eigenvalue weighted by atomic mass is 10.0. The summed E-state index contributed by atoms with van der Waals surface area (Å²) in [6.45, 7) is 4.92. The number of unbranched alkanes of at least 4 members (excludes halogenated alkanes) is 41. The molecule has 2 atom stereocenters. The first-order valence-corrected chi connectivity index (χ1v) is 30.1. The summed E-state index contributed by atoms with van der Waals surface area (Å²) in [6.07, 6.45) is 69.0. The van der Waals surface area contributed by atoms with Gasteiger partial charge in [0, 0.05) is 12.8 Å².